The Hall–Kier alpha value is -3.13. The first-order chi connectivity index (χ1) is 22.4. The number of hydrogen-bond donors (Lipinski definition) is 1. The van der Waals surface area contributed by atoms with E-state index in [1.165, 1.54) is 44.7 Å². The van der Waals surface area contributed by atoms with Crippen LogP contribution in [0.4, 0.5) is 4.79 Å². The molecular weight excluding hydrogens is 727 g/mol. The van der Waals surface area contributed by atoms with Crippen LogP contribution < -0.4 is 0 Å². The van der Waals surface area contributed by atoms with Crippen molar-refractivity contribution in [2.75, 3.05) is 13.2 Å². The van der Waals surface area contributed by atoms with Crippen molar-refractivity contribution >= 4 is 96.0 Å². The van der Waals surface area contributed by atoms with Crippen molar-refractivity contribution in [2.45, 2.75) is 40.0 Å². The number of likely N-dealkylation sites (tertiary alicyclic amines) is 1. The first kappa shape index (κ1) is 35.2. The van der Waals surface area contributed by atoms with E-state index in [4.69, 9.17) is 49.0 Å². The smallest absolute Gasteiger partial charge is 0.509 e. The largest absolute Gasteiger partial charge is 0.510 e. The number of para-hydroxylation sites is 1. The van der Waals surface area contributed by atoms with Gasteiger partial charge in [-0.05, 0) is 37.1 Å². The molecule has 0 spiro atoms. The Labute approximate surface area is 297 Å². The molecule has 1 saturated heterocycles. The number of hydrogen-bond acceptors (Lipinski definition) is 11. The SMILES string of the molecule is CC(O)=C(C(=O)OC(c1ccccc1)c1ccccc1)N1C[C@H](SSc2cccc3sc([C@@H](C)OC(=O)OCC(Cl)(Cl)Cl)nc23)C1=O. The van der Waals surface area contributed by atoms with Crippen LogP contribution in [-0.4, -0.2) is 55.2 Å². The summed E-state index contributed by atoms with van der Waals surface area (Å²) in [6.45, 7) is 2.74. The molecule has 3 aromatic carbocycles. The predicted molar refractivity (Wildman–Crippen MR) is 186 cm³/mol. The van der Waals surface area contributed by atoms with Gasteiger partial charge in [-0.2, -0.15) is 0 Å². The standard InChI is InChI=1S/C32H27Cl3N2O7S3/c1-18(38)26(30(40)44-27(20-10-5-3-6-11-20)21-12-7-4-8-13-21)37-16-24(29(37)39)47-46-23-15-9-14-22-25(23)36-28(45-22)19(2)43-31(41)42-17-32(33,34)35/h3-15,19,24,27,38H,16-17H2,1-2H3/t19-,24+/m1/s1. The second kappa shape index (κ2) is 15.4. The minimum Gasteiger partial charge on any atom is -0.510 e. The number of amides is 1. The lowest BCUT2D eigenvalue weighted by Crippen LogP contribution is -2.55. The number of allylic oxidation sites excluding steroid dienone is 1. The second-order valence-corrected chi connectivity index (χ2v) is 16.3. The fourth-order valence-corrected chi connectivity index (χ4v) is 8.23. The lowest BCUT2D eigenvalue weighted by molar-refractivity contribution is -0.150. The number of alkyl halides is 3. The van der Waals surface area contributed by atoms with Gasteiger partial charge in [0.1, 0.15) is 22.6 Å². The van der Waals surface area contributed by atoms with Crippen molar-refractivity contribution in [3.05, 3.63) is 106 Å². The average Bonchev–Trinajstić information content (AvgIpc) is 3.49. The number of carbonyl (C=O) groups is 3. The van der Waals surface area contributed by atoms with Crippen molar-refractivity contribution in [2.24, 2.45) is 0 Å². The number of carbonyl (C=O) groups excluding carboxylic acids is 3. The molecular formula is C32H27Cl3N2O7S3. The Balaban J connectivity index is 1.22. The molecule has 2 atom stereocenters. The summed E-state index contributed by atoms with van der Waals surface area (Å²) in [5, 5.41) is 10.5. The molecule has 0 aliphatic carbocycles. The fourth-order valence-electron chi connectivity index (χ4n) is 4.53. The molecule has 0 bridgehead atoms. The Morgan fingerprint density at radius 2 is 1.66 bits per heavy atom. The highest BCUT2D eigenvalue weighted by Gasteiger charge is 2.43. The number of aliphatic hydroxyl groups is 1. The quantitative estimate of drug-likeness (QED) is 0.0398. The number of ether oxygens (including phenoxy) is 3. The zero-order chi connectivity index (χ0) is 33.7. The average molecular weight is 754 g/mol. The number of esters is 1. The van der Waals surface area contributed by atoms with Crippen LogP contribution in [0.5, 0.6) is 0 Å². The molecule has 1 aliphatic rings. The van der Waals surface area contributed by atoms with Crippen LogP contribution in [0, 0.1) is 0 Å². The van der Waals surface area contributed by atoms with Crippen molar-refractivity contribution in [3.8, 4) is 0 Å². The van der Waals surface area contributed by atoms with E-state index < -0.39 is 40.0 Å². The Kier molecular flexibility index (Phi) is 11.5. The third-order valence-electron chi connectivity index (χ3n) is 6.75. The highest BCUT2D eigenvalue weighted by atomic mass is 35.6. The summed E-state index contributed by atoms with van der Waals surface area (Å²) in [5.41, 5.74) is 1.99. The minimum atomic E-state index is -1.76. The molecule has 9 nitrogen and oxygen atoms in total. The van der Waals surface area contributed by atoms with Crippen LogP contribution in [0.3, 0.4) is 0 Å². The van der Waals surface area contributed by atoms with Gasteiger partial charge in [0.05, 0.1) is 10.2 Å². The van der Waals surface area contributed by atoms with Gasteiger partial charge in [0.2, 0.25) is 9.70 Å². The van der Waals surface area contributed by atoms with E-state index in [0.717, 1.165) is 20.7 Å². The number of benzene rings is 3. The third-order valence-corrected chi connectivity index (χ3v) is 11.0. The van der Waals surface area contributed by atoms with E-state index in [2.05, 4.69) is 4.98 Å². The molecule has 4 aromatic rings. The zero-order valence-electron chi connectivity index (χ0n) is 24.8. The summed E-state index contributed by atoms with van der Waals surface area (Å²) in [6, 6.07) is 24.1. The molecule has 5 rings (SSSR count). The summed E-state index contributed by atoms with van der Waals surface area (Å²) in [7, 11) is 2.68. The molecule has 0 radical (unpaired) electrons. The van der Waals surface area contributed by atoms with Crippen molar-refractivity contribution in [1.82, 2.24) is 9.88 Å². The number of thiazole rings is 1. The maximum absolute atomic E-state index is 13.4. The maximum atomic E-state index is 13.4. The lowest BCUT2D eigenvalue weighted by atomic mass is 10.0. The summed E-state index contributed by atoms with van der Waals surface area (Å²) in [5.74, 6) is -1.45. The van der Waals surface area contributed by atoms with E-state index in [0.29, 0.717) is 10.5 Å². The Bertz CT molecular complexity index is 1740. The minimum absolute atomic E-state index is 0.193. The fraction of sp³-hybridized carbons (Fsp3) is 0.250. The Morgan fingerprint density at radius 1 is 1.02 bits per heavy atom. The van der Waals surface area contributed by atoms with E-state index in [9.17, 15) is 19.5 Å². The number of halogens is 3. The molecule has 1 amide bonds. The highest BCUT2D eigenvalue weighted by Crippen LogP contribution is 2.44. The Morgan fingerprint density at radius 3 is 2.23 bits per heavy atom. The van der Waals surface area contributed by atoms with Gasteiger partial charge >= 0.3 is 12.1 Å². The summed E-state index contributed by atoms with van der Waals surface area (Å²) < 4.78 is 15.1. The molecule has 1 aromatic heterocycles. The van der Waals surface area contributed by atoms with E-state index >= 15 is 0 Å². The van der Waals surface area contributed by atoms with Crippen molar-refractivity contribution in [1.29, 1.82) is 0 Å². The van der Waals surface area contributed by atoms with Crippen molar-refractivity contribution in [3.63, 3.8) is 0 Å². The molecule has 1 fully saturated rings. The third kappa shape index (κ3) is 8.87. The van der Waals surface area contributed by atoms with Gasteiger partial charge in [0, 0.05) is 11.4 Å². The molecule has 15 heteroatoms. The molecule has 1 N–H and O–H groups in total. The normalized spacial score (nSPS) is 16.0. The molecule has 246 valence electrons. The van der Waals surface area contributed by atoms with Gasteiger partial charge in [-0.25, -0.2) is 14.6 Å². The zero-order valence-corrected chi connectivity index (χ0v) is 29.5. The lowest BCUT2D eigenvalue weighted by Gasteiger charge is -2.38. The van der Waals surface area contributed by atoms with Crippen molar-refractivity contribution < 1.29 is 33.7 Å². The van der Waals surface area contributed by atoms with Gasteiger partial charge in [0.25, 0.3) is 0 Å². The van der Waals surface area contributed by atoms with Gasteiger partial charge in [-0.1, -0.05) is 123 Å². The molecule has 0 unspecified atom stereocenters. The number of rotatable bonds is 11. The second-order valence-electron chi connectivity index (χ2n) is 10.2. The van der Waals surface area contributed by atoms with Gasteiger partial charge in [-0.15, -0.1) is 11.3 Å². The van der Waals surface area contributed by atoms with Crippen LogP contribution in [-0.2, 0) is 23.8 Å². The maximum Gasteiger partial charge on any atom is 0.509 e. The van der Waals surface area contributed by atoms with E-state index in [1.807, 2.05) is 78.9 Å². The van der Waals surface area contributed by atoms with Crippen LogP contribution in [0.1, 0.15) is 42.2 Å². The van der Waals surface area contributed by atoms with Crippen LogP contribution in [0.2, 0.25) is 0 Å². The van der Waals surface area contributed by atoms with Crippen LogP contribution >= 0.6 is 67.7 Å². The number of aliphatic hydroxyl groups excluding tert-OH is 1. The molecule has 1 aliphatic heterocycles. The van der Waals surface area contributed by atoms with Crippen LogP contribution in [0.25, 0.3) is 10.2 Å². The number of nitrogens with zero attached hydrogens (tertiary/aromatic N) is 2. The summed E-state index contributed by atoms with van der Waals surface area (Å²) in [6.07, 6.45) is -2.45. The molecule has 47 heavy (non-hydrogen) atoms. The van der Waals surface area contributed by atoms with E-state index in [-0.39, 0.29) is 23.9 Å². The highest BCUT2D eigenvalue weighted by molar-refractivity contribution is 8.77. The topological polar surface area (TPSA) is 115 Å². The molecule has 0 saturated carbocycles. The van der Waals surface area contributed by atoms with Gasteiger partial charge in [-0.3, -0.25) is 4.79 Å². The van der Waals surface area contributed by atoms with Crippen LogP contribution in [0.15, 0.2) is 95.2 Å². The molecule has 2 heterocycles. The monoisotopic (exact) mass is 752 g/mol. The number of aromatic nitrogens is 1. The number of fused-ring (bicyclic) bond motifs is 1. The predicted octanol–water partition coefficient (Wildman–Crippen LogP) is 8.95. The summed E-state index contributed by atoms with van der Waals surface area (Å²) >= 11 is 18.2. The van der Waals surface area contributed by atoms with E-state index in [1.54, 1.807) is 6.92 Å². The number of β-lactam (4-membered cyclic amide) rings is 1. The first-order valence-electron chi connectivity index (χ1n) is 14.1. The van der Waals surface area contributed by atoms with Gasteiger partial charge < -0.3 is 24.2 Å². The first-order valence-corrected chi connectivity index (χ1v) is 18.2. The van der Waals surface area contributed by atoms with Gasteiger partial charge in [0.15, 0.2) is 17.9 Å². The summed E-state index contributed by atoms with van der Waals surface area (Å²) in [4.78, 5) is 45.4.